The zero-order valence-electron chi connectivity index (χ0n) is 16.7. The van der Waals surface area contributed by atoms with Crippen LogP contribution in [0.4, 0.5) is 23.2 Å². The number of carbonyl (C=O) groups is 1. The van der Waals surface area contributed by atoms with Gasteiger partial charge in [0.05, 0.1) is 11.7 Å². The SMILES string of the molecule is CN(C1CC1)C(c1ccccc1)C1(C(N)=O)C=C(C(F)(F)F)N(c2ccccc2F)N1. The number of hydrogen-bond donors (Lipinski definition) is 2. The van der Waals surface area contributed by atoms with Crippen molar-refractivity contribution in [1.82, 2.24) is 10.3 Å². The first-order chi connectivity index (χ1) is 14.6. The van der Waals surface area contributed by atoms with Crippen LogP contribution in [-0.2, 0) is 4.79 Å². The van der Waals surface area contributed by atoms with E-state index in [0.29, 0.717) is 10.6 Å². The second kappa shape index (κ2) is 7.65. The average Bonchev–Trinajstić information content (AvgIpc) is 3.49. The number of halogens is 4. The monoisotopic (exact) mass is 434 g/mol. The molecular weight excluding hydrogens is 412 g/mol. The van der Waals surface area contributed by atoms with Gasteiger partial charge in [0.2, 0.25) is 5.91 Å². The second-order valence-corrected chi connectivity index (χ2v) is 7.87. The van der Waals surface area contributed by atoms with Gasteiger partial charge in [-0.15, -0.1) is 0 Å². The topological polar surface area (TPSA) is 61.6 Å². The summed E-state index contributed by atoms with van der Waals surface area (Å²) in [6, 6.07) is 13.1. The van der Waals surface area contributed by atoms with Crippen LogP contribution in [0.25, 0.3) is 0 Å². The van der Waals surface area contributed by atoms with Crippen molar-refractivity contribution in [3.63, 3.8) is 0 Å². The summed E-state index contributed by atoms with van der Waals surface area (Å²) < 4.78 is 56.6. The second-order valence-electron chi connectivity index (χ2n) is 7.87. The molecule has 0 spiro atoms. The predicted octanol–water partition coefficient (Wildman–Crippen LogP) is 3.66. The number of allylic oxidation sites excluding steroid dienone is 1. The van der Waals surface area contributed by atoms with Crippen molar-refractivity contribution >= 4 is 11.6 Å². The number of para-hydroxylation sites is 1. The molecule has 1 amide bonds. The molecule has 4 rings (SSSR count). The quantitative estimate of drug-likeness (QED) is 0.682. The van der Waals surface area contributed by atoms with Crippen LogP contribution in [0.15, 0.2) is 66.4 Å². The highest BCUT2D eigenvalue weighted by atomic mass is 19.4. The number of likely N-dealkylation sites (N-methyl/N-ethyl adjacent to an activating group) is 1. The lowest BCUT2D eigenvalue weighted by molar-refractivity contribution is -0.125. The van der Waals surface area contributed by atoms with Crippen LogP contribution in [0.5, 0.6) is 0 Å². The first-order valence-electron chi connectivity index (χ1n) is 9.84. The standard InChI is InChI=1S/C22H22F4N4O/c1-29(15-11-12-15)19(14-7-3-2-4-8-14)21(20(27)31)13-18(22(24,25)26)30(28-21)17-10-6-5-9-16(17)23/h2-10,13,15,19,28H,11-12H2,1H3,(H2,27,31). The van der Waals surface area contributed by atoms with Crippen molar-refractivity contribution < 1.29 is 22.4 Å². The van der Waals surface area contributed by atoms with Crippen LogP contribution in [0.3, 0.4) is 0 Å². The Balaban J connectivity index is 1.90. The van der Waals surface area contributed by atoms with E-state index in [0.717, 1.165) is 25.0 Å². The molecule has 164 valence electrons. The molecule has 1 fully saturated rings. The fraction of sp³-hybridized carbons (Fsp3) is 0.318. The first kappa shape index (κ1) is 21.3. The third kappa shape index (κ3) is 3.79. The smallest absolute Gasteiger partial charge is 0.368 e. The Labute approximate surface area is 177 Å². The number of benzene rings is 2. The number of primary amides is 1. The normalized spacial score (nSPS) is 22.5. The number of anilines is 1. The van der Waals surface area contributed by atoms with Gasteiger partial charge in [0.15, 0.2) is 5.54 Å². The van der Waals surface area contributed by atoms with E-state index in [9.17, 15) is 22.4 Å². The minimum atomic E-state index is -4.86. The van der Waals surface area contributed by atoms with Gasteiger partial charge in [-0.25, -0.2) is 9.82 Å². The van der Waals surface area contributed by atoms with Crippen LogP contribution in [0, 0.1) is 5.82 Å². The predicted molar refractivity (Wildman–Crippen MR) is 108 cm³/mol. The molecule has 0 radical (unpaired) electrons. The third-order valence-corrected chi connectivity index (χ3v) is 5.77. The minimum absolute atomic E-state index is 0.105. The van der Waals surface area contributed by atoms with Crippen LogP contribution in [0.1, 0.15) is 24.4 Å². The van der Waals surface area contributed by atoms with E-state index in [2.05, 4.69) is 5.43 Å². The molecule has 2 unspecified atom stereocenters. The van der Waals surface area contributed by atoms with Crippen LogP contribution < -0.4 is 16.2 Å². The molecule has 2 aliphatic rings. The number of hydrazine groups is 1. The summed E-state index contributed by atoms with van der Waals surface area (Å²) in [5.41, 5.74) is 5.52. The summed E-state index contributed by atoms with van der Waals surface area (Å²) in [4.78, 5) is 14.7. The Hall–Kier alpha value is -2.91. The summed E-state index contributed by atoms with van der Waals surface area (Å²) in [6.07, 6.45) is -2.34. The van der Waals surface area contributed by atoms with Crippen LogP contribution in [0.2, 0.25) is 0 Å². The van der Waals surface area contributed by atoms with Crippen LogP contribution >= 0.6 is 0 Å². The molecule has 1 aliphatic carbocycles. The maximum Gasteiger partial charge on any atom is 0.432 e. The lowest BCUT2D eigenvalue weighted by Crippen LogP contribution is -2.62. The number of carbonyl (C=O) groups excluding carboxylic acids is 1. The van der Waals surface area contributed by atoms with Crippen molar-refractivity contribution in [2.75, 3.05) is 12.1 Å². The lowest BCUT2D eigenvalue weighted by atomic mass is 9.83. The third-order valence-electron chi connectivity index (χ3n) is 5.77. The molecule has 9 heteroatoms. The average molecular weight is 434 g/mol. The molecule has 2 atom stereocenters. The molecule has 0 saturated heterocycles. The Morgan fingerprint density at radius 2 is 1.77 bits per heavy atom. The number of rotatable bonds is 6. The molecular formula is C22H22F4N4O. The van der Waals surface area contributed by atoms with E-state index in [-0.39, 0.29) is 11.7 Å². The highest BCUT2D eigenvalue weighted by Crippen LogP contribution is 2.46. The summed E-state index contributed by atoms with van der Waals surface area (Å²) in [7, 11) is 1.76. The van der Waals surface area contributed by atoms with Gasteiger partial charge in [-0.2, -0.15) is 13.2 Å². The van der Waals surface area contributed by atoms with Gasteiger partial charge >= 0.3 is 6.18 Å². The lowest BCUT2D eigenvalue weighted by Gasteiger charge is -2.41. The van der Waals surface area contributed by atoms with Gasteiger partial charge in [-0.3, -0.25) is 14.7 Å². The number of amides is 1. The molecule has 0 aromatic heterocycles. The van der Waals surface area contributed by atoms with Crippen LogP contribution in [-0.4, -0.2) is 35.6 Å². The van der Waals surface area contributed by atoms with E-state index >= 15 is 0 Å². The Morgan fingerprint density at radius 1 is 1.16 bits per heavy atom. The Kier molecular flexibility index (Phi) is 5.26. The van der Waals surface area contributed by atoms with Gasteiger partial charge in [-0.05, 0) is 43.7 Å². The molecule has 1 saturated carbocycles. The number of nitrogens with one attached hydrogen (secondary N) is 1. The molecule has 2 aromatic carbocycles. The van der Waals surface area contributed by atoms with E-state index < -0.39 is 35.2 Å². The van der Waals surface area contributed by atoms with Gasteiger partial charge in [0.25, 0.3) is 0 Å². The zero-order chi connectivity index (χ0) is 22.4. The fourth-order valence-electron chi connectivity index (χ4n) is 4.14. The summed E-state index contributed by atoms with van der Waals surface area (Å²) in [5, 5.41) is 0.580. The van der Waals surface area contributed by atoms with E-state index in [4.69, 9.17) is 5.73 Å². The molecule has 1 heterocycles. The molecule has 2 aromatic rings. The highest BCUT2D eigenvalue weighted by molar-refractivity contribution is 5.90. The van der Waals surface area contributed by atoms with Crippen molar-refractivity contribution in [1.29, 1.82) is 0 Å². The van der Waals surface area contributed by atoms with Crippen molar-refractivity contribution in [2.45, 2.75) is 36.6 Å². The van der Waals surface area contributed by atoms with E-state index in [1.807, 2.05) is 4.90 Å². The van der Waals surface area contributed by atoms with Gasteiger partial charge in [-0.1, -0.05) is 42.5 Å². The Morgan fingerprint density at radius 3 is 2.32 bits per heavy atom. The van der Waals surface area contributed by atoms with Gasteiger partial charge in [0, 0.05) is 6.04 Å². The van der Waals surface area contributed by atoms with Gasteiger partial charge < -0.3 is 5.73 Å². The van der Waals surface area contributed by atoms with E-state index in [1.165, 1.54) is 18.2 Å². The molecule has 31 heavy (non-hydrogen) atoms. The molecule has 0 bridgehead atoms. The van der Waals surface area contributed by atoms with Gasteiger partial charge in [0.1, 0.15) is 11.5 Å². The largest absolute Gasteiger partial charge is 0.432 e. The summed E-state index contributed by atoms with van der Waals surface area (Å²) >= 11 is 0. The number of hydrogen-bond acceptors (Lipinski definition) is 4. The van der Waals surface area contributed by atoms with Crippen molar-refractivity contribution in [3.05, 3.63) is 77.8 Å². The van der Waals surface area contributed by atoms with Crippen molar-refractivity contribution in [3.8, 4) is 0 Å². The highest BCUT2D eigenvalue weighted by Gasteiger charge is 2.57. The fourth-order valence-corrected chi connectivity index (χ4v) is 4.14. The molecule has 3 N–H and O–H groups in total. The number of nitrogens with two attached hydrogens (primary N) is 1. The first-order valence-corrected chi connectivity index (χ1v) is 9.84. The molecule has 5 nitrogen and oxygen atoms in total. The zero-order valence-corrected chi connectivity index (χ0v) is 16.7. The summed E-state index contributed by atoms with van der Waals surface area (Å²) in [5.74, 6) is -1.85. The Bertz CT molecular complexity index is 1010. The van der Waals surface area contributed by atoms with Crippen molar-refractivity contribution in [2.24, 2.45) is 5.73 Å². The molecule has 1 aliphatic heterocycles. The maximum atomic E-state index is 14.5. The number of nitrogens with zero attached hydrogens (tertiary/aromatic N) is 2. The van der Waals surface area contributed by atoms with E-state index in [1.54, 1.807) is 37.4 Å². The minimum Gasteiger partial charge on any atom is -0.368 e. The summed E-state index contributed by atoms with van der Waals surface area (Å²) in [6.45, 7) is 0. The maximum absolute atomic E-state index is 14.5. The number of alkyl halides is 3.